The molecule has 326 valence electrons. The third kappa shape index (κ3) is 6.86. The van der Waals surface area contributed by atoms with E-state index >= 15 is 0 Å². The van der Waals surface area contributed by atoms with Crippen molar-refractivity contribution in [3.8, 4) is 29.1 Å². The highest BCUT2D eigenvalue weighted by molar-refractivity contribution is 5.93. The summed E-state index contributed by atoms with van der Waals surface area (Å²) < 4.78 is 39.8. The maximum atomic E-state index is 14.1. The molecular formula is C47H53N5O10. The molecule has 4 aromatic rings. The van der Waals surface area contributed by atoms with Gasteiger partial charge >= 0.3 is 11.9 Å². The average molecular weight is 848 g/mol. The molecule has 3 aromatic carbocycles. The Balaban J connectivity index is 1.17. The van der Waals surface area contributed by atoms with Crippen molar-refractivity contribution in [3.05, 3.63) is 83.7 Å². The molecule has 1 aliphatic carbocycles. The van der Waals surface area contributed by atoms with E-state index in [1.165, 1.54) is 20.4 Å². The van der Waals surface area contributed by atoms with Crippen LogP contribution in [0.1, 0.15) is 43.4 Å². The summed E-state index contributed by atoms with van der Waals surface area (Å²) in [4.78, 5) is 40.3. The molecule has 1 aromatic heterocycles. The third-order valence-electron chi connectivity index (χ3n) is 13.0. The molecule has 6 atom stereocenters. The van der Waals surface area contributed by atoms with Crippen LogP contribution in [0.5, 0.6) is 17.2 Å². The third-order valence-corrected chi connectivity index (χ3v) is 13.0. The summed E-state index contributed by atoms with van der Waals surface area (Å²) in [5.41, 5.74) is 0.639. The van der Waals surface area contributed by atoms with Crippen LogP contribution in [0, 0.1) is 17.3 Å². The Morgan fingerprint density at radius 1 is 0.935 bits per heavy atom. The van der Waals surface area contributed by atoms with Crippen LogP contribution in [0.2, 0.25) is 0 Å². The van der Waals surface area contributed by atoms with Crippen LogP contribution in [0.15, 0.2) is 67.0 Å². The van der Waals surface area contributed by atoms with Crippen LogP contribution in [0.25, 0.3) is 10.9 Å². The maximum Gasteiger partial charge on any atom is 0.344 e. The number of carbonyl (C=O) groups excluding carboxylic acids is 2. The van der Waals surface area contributed by atoms with Gasteiger partial charge in [0.2, 0.25) is 5.60 Å². The molecule has 1 saturated heterocycles. The van der Waals surface area contributed by atoms with Gasteiger partial charge in [0.1, 0.15) is 31.1 Å². The number of esters is 2. The van der Waals surface area contributed by atoms with Crippen molar-refractivity contribution < 1.29 is 47.9 Å². The first-order valence-electron chi connectivity index (χ1n) is 20.8. The van der Waals surface area contributed by atoms with Crippen molar-refractivity contribution >= 4 is 40.0 Å². The Kier molecular flexibility index (Phi) is 11.8. The minimum Gasteiger partial charge on any atom is -0.495 e. The zero-order valence-electron chi connectivity index (χ0n) is 36.2. The van der Waals surface area contributed by atoms with E-state index in [0.29, 0.717) is 86.5 Å². The lowest BCUT2D eigenvalue weighted by Crippen LogP contribution is -2.81. The second-order valence-corrected chi connectivity index (χ2v) is 16.1. The molecule has 1 spiro atoms. The van der Waals surface area contributed by atoms with Gasteiger partial charge in [0.25, 0.3) is 0 Å². The number of nitrogens with zero attached hydrogens (tertiary/aromatic N) is 4. The number of hydrogen-bond donors (Lipinski definition) is 2. The van der Waals surface area contributed by atoms with Crippen LogP contribution in [0.3, 0.4) is 0 Å². The summed E-state index contributed by atoms with van der Waals surface area (Å²) in [7, 11) is 7.95. The van der Waals surface area contributed by atoms with Crippen molar-refractivity contribution in [2.45, 2.75) is 55.9 Å². The van der Waals surface area contributed by atoms with Gasteiger partial charge in [-0.1, -0.05) is 37.0 Å². The predicted molar refractivity (Wildman–Crippen MR) is 231 cm³/mol. The zero-order chi connectivity index (χ0) is 43.8. The highest BCUT2D eigenvalue weighted by Gasteiger charge is 2.80. The van der Waals surface area contributed by atoms with Crippen LogP contribution in [0.4, 0.5) is 17.2 Å². The Hall–Kier alpha value is -5.92. The molecule has 0 radical (unpaired) electrons. The second kappa shape index (κ2) is 17.1. The topological polar surface area (TPSA) is 163 Å². The first-order valence-corrected chi connectivity index (χ1v) is 20.8. The summed E-state index contributed by atoms with van der Waals surface area (Å²) in [5, 5.41) is 17.2. The van der Waals surface area contributed by atoms with Crippen molar-refractivity contribution in [2.24, 2.45) is 5.41 Å². The summed E-state index contributed by atoms with van der Waals surface area (Å²) >= 11 is 0. The molecular weight excluding hydrogens is 795 g/mol. The smallest absolute Gasteiger partial charge is 0.344 e. The highest BCUT2D eigenvalue weighted by atomic mass is 16.6. The van der Waals surface area contributed by atoms with E-state index in [9.17, 15) is 14.7 Å². The molecule has 15 nitrogen and oxygen atoms in total. The first-order chi connectivity index (χ1) is 30.0. The quantitative estimate of drug-likeness (QED) is 0.0772. The minimum absolute atomic E-state index is 0.217. The number of nitrogens with one attached hydrogen (secondary N) is 1. The summed E-state index contributed by atoms with van der Waals surface area (Å²) in [6.45, 7) is 6.22. The molecule has 0 bridgehead atoms. The molecule has 4 heterocycles. The maximum absolute atomic E-state index is 14.1. The number of aliphatic hydroxyl groups is 1. The molecule has 1 saturated carbocycles. The van der Waals surface area contributed by atoms with Gasteiger partial charge < -0.3 is 48.5 Å². The second-order valence-electron chi connectivity index (χ2n) is 16.1. The number of benzene rings is 3. The van der Waals surface area contributed by atoms with Gasteiger partial charge in [-0.15, -0.1) is 0 Å². The molecule has 0 amide bonds. The van der Waals surface area contributed by atoms with E-state index in [4.69, 9.17) is 33.2 Å². The summed E-state index contributed by atoms with van der Waals surface area (Å²) in [5.74, 6) is 7.49. The number of aromatic nitrogens is 2. The molecule has 8 rings (SSSR count). The van der Waals surface area contributed by atoms with Crippen LogP contribution < -0.4 is 24.4 Å². The number of ether oxygens (including phenoxy) is 7. The summed E-state index contributed by atoms with van der Waals surface area (Å²) in [6.07, 6.45) is 5.54. The van der Waals surface area contributed by atoms with E-state index in [1.807, 2.05) is 61.3 Å². The Bertz CT molecular complexity index is 2470. The normalized spacial score (nSPS) is 25.5. The van der Waals surface area contributed by atoms with Gasteiger partial charge in [0, 0.05) is 86.1 Å². The number of fused-ring (bicyclic) bond motifs is 2. The summed E-state index contributed by atoms with van der Waals surface area (Å²) in [6, 6.07) is 14.3. The number of carbonyl (C=O) groups is 2. The van der Waals surface area contributed by atoms with Crippen molar-refractivity contribution in [1.29, 1.82) is 0 Å². The van der Waals surface area contributed by atoms with Crippen LogP contribution in [-0.2, 0) is 34.0 Å². The van der Waals surface area contributed by atoms with E-state index in [1.54, 1.807) is 21.3 Å². The number of likely N-dealkylation sites (N-methyl/N-ethyl adjacent to an activating group) is 1. The fourth-order valence-corrected chi connectivity index (χ4v) is 10.7. The zero-order valence-corrected chi connectivity index (χ0v) is 36.2. The number of hydrogen-bond acceptors (Lipinski definition) is 15. The largest absolute Gasteiger partial charge is 0.495 e. The Morgan fingerprint density at radius 2 is 1.69 bits per heavy atom. The van der Waals surface area contributed by atoms with Gasteiger partial charge in [-0.25, -0.2) is 14.8 Å². The minimum atomic E-state index is -2.22. The molecule has 62 heavy (non-hydrogen) atoms. The monoisotopic (exact) mass is 847 g/mol. The lowest BCUT2D eigenvalue weighted by Gasteiger charge is -2.63. The lowest BCUT2D eigenvalue weighted by atomic mass is 9.47. The van der Waals surface area contributed by atoms with Crippen molar-refractivity contribution in [1.82, 2.24) is 14.9 Å². The molecule has 3 aliphatic heterocycles. The van der Waals surface area contributed by atoms with Crippen LogP contribution in [-0.4, -0.2) is 131 Å². The fraction of sp³-hybridized carbons (Fsp3) is 0.447. The number of anilines is 3. The Labute approximate surface area is 361 Å². The Morgan fingerprint density at radius 3 is 2.39 bits per heavy atom. The van der Waals surface area contributed by atoms with Gasteiger partial charge in [-0.2, -0.15) is 0 Å². The molecule has 2 N–H and O–H groups in total. The fourth-order valence-electron chi connectivity index (χ4n) is 10.7. The molecule has 0 unspecified atom stereocenters. The van der Waals surface area contributed by atoms with Crippen LogP contribution >= 0.6 is 0 Å². The molecule has 15 heteroatoms. The van der Waals surface area contributed by atoms with Crippen molar-refractivity contribution in [2.75, 3.05) is 85.2 Å². The first kappa shape index (κ1) is 42.8. The van der Waals surface area contributed by atoms with Gasteiger partial charge in [-0.3, -0.25) is 9.69 Å². The van der Waals surface area contributed by atoms with E-state index < -0.39 is 40.5 Å². The predicted octanol–water partition coefficient (Wildman–Crippen LogP) is 4.78. The number of methoxy groups -OCH3 is 4. The molecule has 2 fully saturated rings. The lowest BCUT2D eigenvalue weighted by molar-refractivity contribution is -0.228. The average Bonchev–Trinajstić information content (AvgIpc) is 3.78. The van der Waals surface area contributed by atoms with Crippen molar-refractivity contribution in [3.63, 3.8) is 0 Å². The SMILES string of the molecule is CC[C@]12C=CCN3CC[C@@]4(c5cc(C#Cc6cccc(Nc7ncnc8cc(OCCOC)c(OCCOC)cc78)c6)c(OC)cc5N(C)[C@H]4[C@@](O)(C(=O)OC)[C@@H]1OC(C)=O)[C@@H]32. The van der Waals surface area contributed by atoms with E-state index in [-0.39, 0.29) is 6.04 Å². The van der Waals surface area contributed by atoms with Gasteiger partial charge in [0.15, 0.2) is 17.6 Å². The van der Waals surface area contributed by atoms with Gasteiger partial charge in [-0.05, 0) is 55.3 Å². The molecule has 4 aliphatic rings. The van der Waals surface area contributed by atoms with Gasteiger partial charge in [0.05, 0.1) is 44.6 Å². The highest BCUT2D eigenvalue weighted by Crippen LogP contribution is 2.67. The van der Waals surface area contributed by atoms with E-state index in [0.717, 1.165) is 27.9 Å². The standard InChI is InChI=1S/C47H53N5O10/c1-8-45-15-10-17-52-18-16-46(41(45)52)34-24-31(37(58-6)27-36(34)51(3)42(46)47(55,44(54)59-7)43(45)62-29(2)53)14-13-30-11-9-12-32(23-30)50-40-33-25-38(60-21-19-56-4)39(61-22-20-57-5)26-35(33)48-28-49-40/h9-12,15,23-28,41-43,55H,8,16-22H2,1-7H3,(H,48,49,50)/t41-,42+,43+,45+,46+,47-/m0/s1. The number of rotatable bonds is 14. The van der Waals surface area contributed by atoms with E-state index in [2.05, 4.69) is 50.2 Å².